The van der Waals surface area contributed by atoms with Crippen LogP contribution in [-0.2, 0) is 16.5 Å². The van der Waals surface area contributed by atoms with Crippen LogP contribution in [0.4, 0.5) is 22.0 Å². The molecule has 120 valence electrons. The van der Waals surface area contributed by atoms with Crippen molar-refractivity contribution >= 4 is 10.1 Å². The van der Waals surface area contributed by atoms with E-state index < -0.39 is 40.0 Å². The minimum Gasteiger partial charge on any atom is -0.744 e. The second kappa shape index (κ2) is 5.88. The lowest BCUT2D eigenvalue weighted by Crippen LogP contribution is -2.36. The molecule has 0 amide bonds. The van der Waals surface area contributed by atoms with Crippen molar-refractivity contribution in [2.75, 3.05) is 0 Å². The fourth-order valence-corrected chi connectivity index (χ4v) is 2.51. The zero-order valence-electron chi connectivity index (χ0n) is 10.9. The van der Waals surface area contributed by atoms with Crippen LogP contribution in [0, 0.1) is 6.92 Å². The van der Waals surface area contributed by atoms with Crippen LogP contribution in [0.25, 0.3) is 0 Å². The molecule has 0 N–H and O–H groups in total. The van der Waals surface area contributed by atoms with Crippen LogP contribution in [0.3, 0.4) is 0 Å². The number of aryl methyl sites for hydroxylation is 2. The van der Waals surface area contributed by atoms with Gasteiger partial charge in [0.25, 0.3) is 0 Å². The third-order valence-electron chi connectivity index (χ3n) is 2.84. The molecule has 1 aromatic rings. The van der Waals surface area contributed by atoms with E-state index in [0.29, 0.717) is 5.56 Å². The van der Waals surface area contributed by atoms with Crippen LogP contribution in [-0.4, -0.2) is 25.1 Å². The summed E-state index contributed by atoms with van der Waals surface area (Å²) in [6, 6.07) is 3.66. The van der Waals surface area contributed by atoms with E-state index in [1.807, 2.05) is 0 Å². The van der Waals surface area contributed by atoms with Crippen molar-refractivity contribution < 1.29 is 34.9 Å². The fraction of sp³-hybridized carbons (Fsp3) is 0.500. The number of alkyl halides is 5. The standard InChI is InChI=1S/C12H13F5O3S/c1-8-4-5-10(21(18,19)20)9(7-8)3-2-6-11(13,14)12(15,16)17/h4-5,7H,2-3,6H2,1H3,(H,18,19,20)/p-1. The first-order chi connectivity index (χ1) is 9.34. The molecule has 0 saturated carbocycles. The van der Waals surface area contributed by atoms with E-state index in [-0.39, 0.29) is 12.0 Å². The Kier molecular flexibility index (Phi) is 4.99. The summed E-state index contributed by atoms with van der Waals surface area (Å²) in [7, 11) is -4.80. The molecule has 0 atom stereocenters. The summed E-state index contributed by atoms with van der Waals surface area (Å²) in [4.78, 5) is -0.594. The molecule has 0 radical (unpaired) electrons. The molecular formula is C12H12F5O3S-. The van der Waals surface area contributed by atoms with Gasteiger partial charge in [0.2, 0.25) is 0 Å². The van der Waals surface area contributed by atoms with Crippen LogP contribution < -0.4 is 0 Å². The van der Waals surface area contributed by atoms with Crippen molar-refractivity contribution in [2.24, 2.45) is 0 Å². The summed E-state index contributed by atoms with van der Waals surface area (Å²) in [5.41, 5.74) is 0.517. The largest absolute Gasteiger partial charge is 0.744 e. The van der Waals surface area contributed by atoms with Gasteiger partial charge in [0, 0.05) is 6.42 Å². The van der Waals surface area contributed by atoms with E-state index in [0.717, 1.165) is 6.07 Å². The predicted molar refractivity (Wildman–Crippen MR) is 63.1 cm³/mol. The van der Waals surface area contributed by atoms with Gasteiger partial charge in [-0.3, -0.25) is 0 Å². The van der Waals surface area contributed by atoms with E-state index in [1.54, 1.807) is 6.92 Å². The highest BCUT2D eigenvalue weighted by atomic mass is 32.2. The van der Waals surface area contributed by atoms with Crippen LogP contribution in [0.2, 0.25) is 0 Å². The lowest BCUT2D eigenvalue weighted by molar-refractivity contribution is -0.284. The molecule has 0 unspecified atom stereocenters. The molecular weight excluding hydrogens is 319 g/mol. The highest BCUT2D eigenvalue weighted by Gasteiger charge is 2.56. The predicted octanol–water partition coefficient (Wildman–Crippen LogP) is 3.42. The van der Waals surface area contributed by atoms with Gasteiger partial charge in [-0.05, 0) is 31.4 Å². The topological polar surface area (TPSA) is 57.2 Å². The lowest BCUT2D eigenvalue weighted by atomic mass is 10.0. The summed E-state index contributed by atoms with van der Waals surface area (Å²) >= 11 is 0. The molecule has 9 heteroatoms. The summed E-state index contributed by atoms with van der Waals surface area (Å²) in [5.74, 6) is -4.84. The Morgan fingerprint density at radius 2 is 1.71 bits per heavy atom. The number of rotatable bonds is 5. The quantitative estimate of drug-likeness (QED) is 0.614. The van der Waals surface area contributed by atoms with Gasteiger partial charge in [0.15, 0.2) is 0 Å². The Morgan fingerprint density at radius 1 is 1.14 bits per heavy atom. The molecule has 0 fully saturated rings. The molecule has 1 rings (SSSR count). The molecule has 3 nitrogen and oxygen atoms in total. The summed E-state index contributed by atoms with van der Waals surface area (Å²) in [5, 5.41) is 0. The molecule has 0 aliphatic carbocycles. The highest BCUT2D eigenvalue weighted by Crippen LogP contribution is 2.39. The monoisotopic (exact) mass is 331 g/mol. The van der Waals surface area contributed by atoms with Gasteiger partial charge < -0.3 is 4.55 Å². The van der Waals surface area contributed by atoms with Gasteiger partial charge in [-0.1, -0.05) is 17.7 Å². The van der Waals surface area contributed by atoms with Gasteiger partial charge in [-0.15, -0.1) is 0 Å². The molecule has 0 aromatic heterocycles. The van der Waals surface area contributed by atoms with Crippen LogP contribution in [0.5, 0.6) is 0 Å². The number of hydrogen-bond donors (Lipinski definition) is 0. The molecule has 0 aliphatic rings. The van der Waals surface area contributed by atoms with E-state index in [1.165, 1.54) is 12.1 Å². The molecule has 0 spiro atoms. The fourth-order valence-electron chi connectivity index (χ4n) is 1.79. The van der Waals surface area contributed by atoms with E-state index >= 15 is 0 Å². The normalized spacial score (nSPS) is 13.5. The van der Waals surface area contributed by atoms with E-state index in [4.69, 9.17) is 0 Å². The minimum absolute atomic E-state index is 0.0528. The van der Waals surface area contributed by atoms with E-state index in [2.05, 4.69) is 0 Å². The van der Waals surface area contributed by atoms with Crippen LogP contribution in [0.1, 0.15) is 24.0 Å². The molecule has 0 aliphatic heterocycles. The molecule has 1 aromatic carbocycles. The highest BCUT2D eigenvalue weighted by molar-refractivity contribution is 7.85. The van der Waals surface area contributed by atoms with Crippen molar-refractivity contribution in [3.63, 3.8) is 0 Å². The Balaban J connectivity index is 2.88. The first-order valence-electron chi connectivity index (χ1n) is 5.84. The number of halogens is 5. The Morgan fingerprint density at radius 3 is 2.19 bits per heavy atom. The SMILES string of the molecule is Cc1ccc(S(=O)(=O)[O-])c(CCCC(F)(F)C(F)(F)F)c1. The van der Waals surface area contributed by atoms with Gasteiger partial charge in [0.05, 0.1) is 4.90 Å². The van der Waals surface area contributed by atoms with Crippen molar-refractivity contribution in [2.45, 2.75) is 43.2 Å². The average molecular weight is 331 g/mol. The van der Waals surface area contributed by atoms with Gasteiger partial charge in [-0.25, -0.2) is 8.42 Å². The first-order valence-corrected chi connectivity index (χ1v) is 7.25. The number of benzene rings is 1. The van der Waals surface area contributed by atoms with Gasteiger partial charge in [0.1, 0.15) is 10.1 Å². The summed E-state index contributed by atoms with van der Waals surface area (Å²) in [6.45, 7) is 1.58. The zero-order chi connectivity index (χ0) is 16.5. The smallest absolute Gasteiger partial charge is 0.453 e. The lowest BCUT2D eigenvalue weighted by Gasteiger charge is -2.20. The van der Waals surface area contributed by atoms with Gasteiger partial charge in [-0.2, -0.15) is 22.0 Å². The Bertz CT molecular complexity index is 608. The zero-order valence-corrected chi connectivity index (χ0v) is 11.7. The first kappa shape index (κ1) is 17.8. The van der Waals surface area contributed by atoms with Gasteiger partial charge >= 0.3 is 12.1 Å². The second-order valence-corrected chi connectivity index (χ2v) is 5.97. The van der Waals surface area contributed by atoms with E-state index in [9.17, 15) is 34.9 Å². The third-order valence-corrected chi connectivity index (χ3v) is 3.77. The number of hydrogen-bond acceptors (Lipinski definition) is 3. The minimum atomic E-state index is -5.65. The summed E-state index contributed by atoms with van der Waals surface area (Å²) in [6.07, 6.45) is -8.07. The van der Waals surface area contributed by atoms with Crippen molar-refractivity contribution in [1.29, 1.82) is 0 Å². The van der Waals surface area contributed by atoms with Crippen molar-refractivity contribution in [1.82, 2.24) is 0 Å². The second-order valence-electron chi connectivity index (χ2n) is 4.62. The maximum Gasteiger partial charge on any atom is 0.453 e. The maximum atomic E-state index is 12.7. The molecule has 0 saturated heterocycles. The average Bonchev–Trinajstić information content (AvgIpc) is 2.25. The summed E-state index contributed by atoms with van der Waals surface area (Å²) < 4.78 is 94.5. The molecule has 0 bridgehead atoms. The Hall–Kier alpha value is -1.22. The molecule has 21 heavy (non-hydrogen) atoms. The van der Waals surface area contributed by atoms with Crippen LogP contribution in [0.15, 0.2) is 23.1 Å². The van der Waals surface area contributed by atoms with Crippen molar-refractivity contribution in [3.05, 3.63) is 29.3 Å². The molecule has 0 heterocycles. The maximum absolute atomic E-state index is 12.7. The van der Waals surface area contributed by atoms with Crippen LogP contribution >= 0.6 is 0 Å². The third kappa shape index (κ3) is 4.63. The Labute approximate surface area is 118 Å². The van der Waals surface area contributed by atoms with Crippen molar-refractivity contribution in [3.8, 4) is 0 Å².